The molecule has 1 spiro atoms. The molecule has 30 heavy (non-hydrogen) atoms. The molecule has 156 valence electrons. The maximum atomic E-state index is 13.8. The molecule has 2 aromatic rings. The maximum absolute atomic E-state index is 13.8. The van der Waals surface area contributed by atoms with Crippen LogP contribution in [-0.4, -0.2) is 32.7 Å². The van der Waals surface area contributed by atoms with Gasteiger partial charge < -0.3 is 19.1 Å². The molecule has 0 unspecified atom stereocenters. The van der Waals surface area contributed by atoms with Crippen LogP contribution in [0.5, 0.6) is 5.75 Å². The van der Waals surface area contributed by atoms with E-state index in [2.05, 4.69) is 12.2 Å². The summed E-state index contributed by atoms with van der Waals surface area (Å²) in [7, 11) is 2.97. The van der Waals surface area contributed by atoms with Crippen molar-refractivity contribution in [1.29, 1.82) is 0 Å². The van der Waals surface area contributed by atoms with Gasteiger partial charge in [0.2, 0.25) is 0 Å². The number of nitrogens with zero attached hydrogens (tertiary/aromatic N) is 1. The lowest BCUT2D eigenvalue weighted by atomic mass is 9.83. The fraction of sp³-hybridized carbons (Fsp3) is 0.333. The third kappa shape index (κ3) is 3.17. The maximum Gasteiger partial charge on any atom is 0.337 e. The fourth-order valence-corrected chi connectivity index (χ4v) is 4.24. The van der Waals surface area contributed by atoms with Crippen molar-refractivity contribution in [3.8, 4) is 5.75 Å². The number of anilines is 1. The van der Waals surface area contributed by atoms with E-state index in [1.165, 1.54) is 7.11 Å². The Morgan fingerprint density at radius 3 is 2.67 bits per heavy atom. The van der Waals surface area contributed by atoms with E-state index in [1.54, 1.807) is 24.1 Å². The topological polar surface area (TPSA) is 65.1 Å². The number of carbonyl (C=O) groups is 2. The Balaban J connectivity index is 1.74. The molecule has 2 heterocycles. The summed E-state index contributed by atoms with van der Waals surface area (Å²) in [6.45, 7) is 2.86. The van der Waals surface area contributed by atoms with Crippen LogP contribution in [0.25, 0.3) is 0 Å². The molecule has 0 saturated carbocycles. The van der Waals surface area contributed by atoms with Crippen molar-refractivity contribution in [1.82, 2.24) is 0 Å². The number of amides is 1. The number of benzene rings is 2. The van der Waals surface area contributed by atoms with E-state index in [9.17, 15) is 9.59 Å². The lowest BCUT2D eigenvalue weighted by molar-refractivity contribution is -0.148. The molecule has 0 aromatic heterocycles. The number of carbonyl (C=O) groups excluding carboxylic acids is 2. The molecule has 0 aliphatic carbocycles. The predicted octanol–water partition coefficient (Wildman–Crippen LogP) is 3.84. The van der Waals surface area contributed by atoms with Gasteiger partial charge in [0, 0.05) is 11.5 Å². The standard InChI is InChI=1S/C24H25NO5/c1-16-6-4-5-13-30-24(16)20-14-19(28-2)11-12-21(20)25(23(24)27)15-17-7-9-18(10-8-17)22(26)29-3/h4,6-12,14,16H,5,13,15H2,1-3H3/t16-,24-/m1/s1. The van der Waals surface area contributed by atoms with Crippen LogP contribution in [0.3, 0.4) is 0 Å². The lowest BCUT2D eigenvalue weighted by Gasteiger charge is -2.32. The van der Waals surface area contributed by atoms with Gasteiger partial charge in [0.1, 0.15) is 5.75 Å². The number of rotatable bonds is 4. The molecule has 6 nitrogen and oxygen atoms in total. The van der Waals surface area contributed by atoms with E-state index >= 15 is 0 Å². The molecule has 6 heteroatoms. The number of ether oxygens (including phenoxy) is 3. The number of hydrogen-bond acceptors (Lipinski definition) is 5. The van der Waals surface area contributed by atoms with Gasteiger partial charge in [-0.2, -0.15) is 0 Å². The first-order valence-electron chi connectivity index (χ1n) is 9.99. The highest BCUT2D eigenvalue weighted by atomic mass is 16.5. The minimum absolute atomic E-state index is 0.0816. The smallest absolute Gasteiger partial charge is 0.337 e. The average molecular weight is 407 g/mol. The van der Waals surface area contributed by atoms with Crippen molar-refractivity contribution in [3.63, 3.8) is 0 Å². The van der Waals surface area contributed by atoms with Gasteiger partial charge in [-0.3, -0.25) is 4.79 Å². The fourth-order valence-electron chi connectivity index (χ4n) is 4.24. The number of esters is 1. The van der Waals surface area contributed by atoms with Crippen molar-refractivity contribution in [2.75, 3.05) is 25.7 Å². The van der Waals surface area contributed by atoms with Gasteiger partial charge in [0.25, 0.3) is 5.91 Å². The van der Waals surface area contributed by atoms with Gasteiger partial charge in [0.05, 0.1) is 38.6 Å². The summed E-state index contributed by atoms with van der Waals surface area (Å²) in [5, 5.41) is 0. The minimum atomic E-state index is -1.07. The molecule has 1 amide bonds. The second-order valence-corrected chi connectivity index (χ2v) is 7.55. The third-order valence-electron chi connectivity index (χ3n) is 5.85. The summed E-state index contributed by atoms with van der Waals surface area (Å²) in [5.41, 5.74) is 1.97. The summed E-state index contributed by atoms with van der Waals surface area (Å²) >= 11 is 0. The summed E-state index contributed by atoms with van der Waals surface area (Å²) in [6.07, 6.45) is 4.90. The summed E-state index contributed by atoms with van der Waals surface area (Å²) in [4.78, 5) is 27.2. The summed E-state index contributed by atoms with van der Waals surface area (Å²) in [5.74, 6) is 0.101. The van der Waals surface area contributed by atoms with E-state index in [-0.39, 0.29) is 17.8 Å². The van der Waals surface area contributed by atoms with E-state index < -0.39 is 5.60 Å². The molecular formula is C24H25NO5. The monoisotopic (exact) mass is 407 g/mol. The SMILES string of the molecule is COC(=O)c1ccc(CN2C(=O)[C@]3(OCCC=C[C@H]3C)c3cc(OC)ccc32)cc1. The van der Waals surface area contributed by atoms with Crippen LogP contribution in [0.4, 0.5) is 5.69 Å². The summed E-state index contributed by atoms with van der Waals surface area (Å²) < 4.78 is 16.4. The molecular weight excluding hydrogens is 382 g/mol. The lowest BCUT2D eigenvalue weighted by Crippen LogP contribution is -2.46. The van der Waals surface area contributed by atoms with Gasteiger partial charge in [-0.05, 0) is 42.3 Å². The number of fused-ring (bicyclic) bond motifs is 2. The first-order chi connectivity index (χ1) is 14.5. The quantitative estimate of drug-likeness (QED) is 0.569. The zero-order valence-electron chi connectivity index (χ0n) is 17.4. The second kappa shape index (κ2) is 7.95. The van der Waals surface area contributed by atoms with E-state index in [0.717, 1.165) is 23.2 Å². The van der Waals surface area contributed by atoms with Gasteiger partial charge in [0.15, 0.2) is 5.60 Å². The van der Waals surface area contributed by atoms with Crippen molar-refractivity contribution in [2.24, 2.45) is 5.92 Å². The van der Waals surface area contributed by atoms with Gasteiger partial charge in [-0.1, -0.05) is 31.2 Å². The molecule has 0 radical (unpaired) electrons. The van der Waals surface area contributed by atoms with Crippen LogP contribution in [0.15, 0.2) is 54.6 Å². The Morgan fingerprint density at radius 2 is 1.97 bits per heavy atom. The molecule has 0 saturated heterocycles. The van der Waals surface area contributed by atoms with E-state index in [0.29, 0.717) is 24.5 Å². The van der Waals surface area contributed by atoms with Gasteiger partial charge >= 0.3 is 5.97 Å². The molecule has 2 atom stereocenters. The number of hydrogen-bond donors (Lipinski definition) is 0. The van der Waals surface area contributed by atoms with Gasteiger partial charge in [-0.15, -0.1) is 0 Å². The van der Waals surface area contributed by atoms with E-state index in [4.69, 9.17) is 14.2 Å². The molecule has 2 aliphatic heterocycles. The normalized spacial score (nSPS) is 22.7. The minimum Gasteiger partial charge on any atom is -0.497 e. The van der Waals surface area contributed by atoms with Crippen LogP contribution < -0.4 is 9.64 Å². The Labute approximate surface area is 176 Å². The van der Waals surface area contributed by atoms with Crippen LogP contribution >= 0.6 is 0 Å². The van der Waals surface area contributed by atoms with Gasteiger partial charge in [-0.25, -0.2) is 4.79 Å². The van der Waals surface area contributed by atoms with E-state index in [1.807, 2.05) is 37.3 Å². The van der Waals surface area contributed by atoms with Crippen molar-refractivity contribution in [2.45, 2.75) is 25.5 Å². The molecule has 2 aromatic carbocycles. The molecule has 4 rings (SSSR count). The highest BCUT2D eigenvalue weighted by Gasteiger charge is 2.55. The average Bonchev–Trinajstić information content (AvgIpc) is 2.89. The second-order valence-electron chi connectivity index (χ2n) is 7.55. The highest BCUT2D eigenvalue weighted by Crippen LogP contribution is 2.50. The van der Waals surface area contributed by atoms with Crippen molar-refractivity contribution >= 4 is 17.6 Å². The van der Waals surface area contributed by atoms with Crippen LogP contribution in [0.2, 0.25) is 0 Å². The van der Waals surface area contributed by atoms with Crippen LogP contribution in [0, 0.1) is 5.92 Å². The Morgan fingerprint density at radius 1 is 1.20 bits per heavy atom. The molecule has 0 N–H and O–H groups in total. The van der Waals surface area contributed by atoms with Crippen molar-refractivity contribution < 1.29 is 23.8 Å². The summed E-state index contributed by atoms with van der Waals surface area (Å²) in [6, 6.07) is 12.8. The Hall–Kier alpha value is -3.12. The van der Waals surface area contributed by atoms with Crippen molar-refractivity contribution in [3.05, 3.63) is 71.3 Å². The molecule has 0 fully saturated rings. The largest absolute Gasteiger partial charge is 0.497 e. The molecule has 2 aliphatic rings. The number of methoxy groups -OCH3 is 2. The first kappa shape index (κ1) is 20.2. The molecule has 0 bridgehead atoms. The zero-order chi connectivity index (χ0) is 21.3. The van der Waals surface area contributed by atoms with Crippen LogP contribution in [-0.2, 0) is 26.4 Å². The zero-order valence-corrected chi connectivity index (χ0v) is 17.4. The first-order valence-corrected chi connectivity index (χ1v) is 9.99. The third-order valence-corrected chi connectivity index (χ3v) is 5.85. The predicted molar refractivity (Wildman–Crippen MR) is 113 cm³/mol. The highest BCUT2D eigenvalue weighted by molar-refractivity contribution is 6.07. The van der Waals surface area contributed by atoms with Crippen LogP contribution in [0.1, 0.15) is 34.8 Å². The Bertz CT molecular complexity index is 997. The Kier molecular flexibility index (Phi) is 5.35.